The number of carbonyl (C=O) groups is 3. The van der Waals surface area contributed by atoms with Crippen molar-refractivity contribution in [1.29, 1.82) is 0 Å². The van der Waals surface area contributed by atoms with Crippen molar-refractivity contribution in [2.75, 3.05) is 50.8 Å². The van der Waals surface area contributed by atoms with Gasteiger partial charge in [-0.2, -0.15) is 13.2 Å². The van der Waals surface area contributed by atoms with Gasteiger partial charge in [0.25, 0.3) is 0 Å². The van der Waals surface area contributed by atoms with Crippen LogP contribution in [0.1, 0.15) is 30.4 Å². The number of pyridine rings is 1. The fourth-order valence-corrected chi connectivity index (χ4v) is 5.60. The van der Waals surface area contributed by atoms with Crippen LogP contribution in [0.2, 0.25) is 0 Å². The fourth-order valence-electron chi connectivity index (χ4n) is 5.37. The molecule has 1 heterocycles. The Morgan fingerprint density at radius 2 is 1.58 bits per heavy atom. The lowest BCUT2D eigenvalue weighted by Crippen LogP contribution is -2.56. The lowest BCUT2D eigenvalue weighted by molar-refractivity contribution is -0.907. The summed E-state index contributed by atoms with van der Waals surface area (Å²) in [4.78, 5) is 44.1. The Bertz CT molecular complexity index is 1520. The van der Waals surface area contributed by atoms with Crippen LogP contribution >= 0.6 is 0 Å². The molecule has 0 unspecified atom stereocenters. The van der Waals surface area contributed by atoms with E-state index in [1.54, 1.807) is 6.07 Å². The summed E-state index contributed by atoms with van der Waals surface area (Å²) in [5, 5.41) is 8.72. The van der Waals surface area contributed by atoms with Gasteiger partial charge in [-0.15, -0.1) is 5.75 Å². The predicted octanol–water partition coefficient (Wildman–Crippen LogP) is 1.81. The largest absolute Gasteiger partial charge is 0.790 e. The zero-order valence-corrected chi connectivity index (χ0v) is 27.8. The molecule has 2 aromatic carbocycles. The number of rotatable bonds is 18. The van der Waals surface area contributed by atoms with Crippen LogP contribution in [0.5, 0.6) is 0 Å². The Balaban J connectivity index is 1.70. The first-order valence-corrected chi connectivity index (χ1v) is 16.4. The number of nitrogens with two attached hydrogens (primary N) is 3. The molecule has 48 heavy (non-hydrogen) atoms. The Morgan fingerprint density at radius 3 is 2.25 bits per heavy atom. The first-order valence-electron chi connectivity index (χ1n) is 15.8. The molecule has 3 rings (SSSR count). The highest BCUT2D eigenvalue weighted by Crippen LogP contribution is 2.30. The van der Waals surface area contributed by atoms with Crippen molar-refractivity contribution in [3.05, 3.63) is 71.9 Å². The van der Waals surface area contributed by atoms with Gasteiger partial charge in [0.15, 0.2) is 0 Å². The molecule has 11 nitrogen and oxygen atoms in total. The number of aryl methyl sites for hydroxylation is 1. The maximum atomic E-state index is 13.5. The number of hydrogen-bond donors (Lipinski definition) is 6. The van der Waals surface area contributed by atoms with E-state index in [9.17, 15) is 27.6 Å². The molecule has 0 saturated carbocycles. The molecule has 15 heteroatoms. The maximum absolute atomic E-state index is 13.5. The number of hydrogen-bond acceptors (Lipinski definition) is 8. The molecule has 3 aromatic rings. The molecule has 262 valence electrons. The van der Waals surface area contributed by atoms with Gasteiger partial charge >= 0.3 is 6.18 Å². The molecule has 1 aromatic heterocycles. The van der Waals surface area contributed by atoms with Crippen molar-refractivity contribution in [2.24, 2.45) is 17.2 Å². The molecule has 0 aliphatic heterocycles. The fraction of sp³-hybridized carbons (Fsp3) is 0.455. The van der Waals surface area contributed by atoms with Crippen LogP contribution in [0, 0.1) is 0 Å². The highest BCUT2D eigenvalue weighted by molar-refractivity contribution is 7.58. The van der Waals surface area contributed by atoms with E-state index in [0.717, 1.165) is 37.2 Å². The standard InChI is InChI=1S/C33H45F3N8O3S/c1-44(16-13-37,17-14-38)15-5-9-26(39)30(45)43-29(21-48)32(47)42-28(12-11-22-6-4-8-24(18-22)33(34,35)36)31(46)41-25-19-23-7-2-3-10-27(23)40-20-25/h2-4,6-8,10,18-20,26,28-29H,5,9,11-17,21,37-39H2,1H3,(H3-,41,42,43,45,46,47,48)/t26-,28-,29+/m0/s1. The summed E-state index contributed by atoms with van der Waals surface area (Å²) in [6, 6.07) is 10.5. The molecule has 0 spiro atoms. The number of halogens is 3. The Labute approximate surface area is 284 Å². The van der Waals surface area contributed by atoms with Crippen molar-refractivity contribution < 1.29 is 32.0 Å². The topological polar surface area (TPSA) is 178 Å². The predicted molar refractivity (Wildman–Crippen MR) is 182 cm³/mol. The van der Waals surface area contributed by atoms with Crippen molar-refractivity contribution in [3.63, 3.8) is 0 Å². The second kappa shape index (κ2) is 18.1. The van der Waals surface area contributed by atoms with E-state index in [2.05, 4.69) is 20.9 Å². The third kappa shape index (κ3) is 11.7. The van der Waals surface area contributed by atoms with Gasteiger partial charge in [-0.05, 0) is 49.4 Å². The van der Waals surface area contributed by atoms with E-state index < -0.39 is 47.6 Å². The minimum absolute atomic E-state index is 0.0414. The second-order valence-corrected chi connectivity index (χ2v) is 12.4. The Hall–Kier alpha value is -3.76. The summed E-state index contributed by atoms with van der Waals surface area (Å²) in [5.74, 6) is -2.11. The maximum Gasteiger partial charge on any atom is 0.416 e. The number of anilines is 1. The molecule has 0 aliphatic carbocycles. The molecular weight excluding hydrogens is 645 g/mol. The molecular formula is C33H45F3N8O3S. The van der Waals surface area contributed by atoms with Crippen LogP contribution in [0.4, 0.5) is 18.9 Å². The number of nitrogens with zero attached hydrogens (tertiary/aromatic N) is 2. The first kappa shape index (κ1) is 38.7. The number of quaternary nitrogens is 1. The monoisotopic (exact) mass is 690 g/mol. The number of benzene rings is 2. The number of likely N-dealkylation sites (N-methyl/N-ethyl adjacent to an activating group) is 1. The van der Waals surface area contributed by atoms with Crippen molar-refractivity contribution in [2.45, 2.75) is 50.0 Å². The van der Waals surface area contributed by atoms with Gasteiger partial charge in [-0.1, -0.05) is 36.4 Å². The minimum Gasteiger partial charge on any atom is -0.790 e. The van der Waals surface area contributed by atoms with E-state index in [1.807, 2.05) is 31.3 Å². The summed E-state index contributed by atoms with van der Waals surface area (Å²) >= 11 is 5.15. The van der Waals surface area contributed by atoms with Crippen molar-refractivity contribution in [3.8, 4) is 0 Å². The zero-order valence-electron chi connectivity index (χ0n) is 27.0. The smallest absolute Gasteiger partial charge is 0.416 e. The summed E-state index contributed by atoms with van der Waals surface area (Å²) in [7, 11) is 2.04. The third-order valence-electron chi connectivity index (χ3n) is 8.15. The number of fused-ring (bicyclic) bond motifs is 1. The molecule has 9 N–H and O–H groups in total. The average Bonchev–Trinajstić information content (AvgIpc) is 3.05. The minimum atomic E-state index is -4.53. The summed E-state index contributed by atoms with van der Waals surface area (Å²) in [5.41, 5.74) is 18.2. The van der Waals surface area contributed by atoms with Gasteiger partial charge in [0.1, 0.15) is 6.04 Å². The number of amides is 3. The summed E-state index contributed by atoms with van der Waals surface area (Å²) < 4.78 is 40.6. The van der Waals surface area contributed by atoms with Gasteiger partial charge in [-0.3, -0.25) is 19.4 Å². The van der Waals surface area contributed by atoms with Crippen molar-refractivity contribution in [1.82, 2.24) is 15.6 Å². The van der Waals surface area contributed by atoms with E-state index in [1.165, 1.54) is 18.3 Å². The molecule has 3 atom stereocenters. The SMILES string of the molecule is C[N+](CCN)(CCN)CCC[C@H](N)C(=O)N[C@H](C[S-])C(=O)N[C@@H](CCc1cccc(C(F)(F)F)c1)C(=O)Nc1cnc2ccccc2c1. The first-order chi connectivity index (χ1) is 22.8. The normalized spacial score (nSPS) is 13.8. The number of carbonyl (C=O) groups excluding carboxylic acids is 3. The van der Waals surface area contributed by atoms with Crippen LogP contribution in [0.25, 0.3) is 10.9 Å². The van der Waals surface area contributed by atoms with E-state index in [4.69, 9.17) is 29.8 Å². The number of nitrogens with one attached hydrogen (secondary N) is 3. The third-order valence-corrected chi connectivity index (χ3v) is 8.49. The van der Waals surface area contributed by atoms with E-state index in [-0.39, 0.29) is 18.6 Å². The molecule has 0 aliphatic rings. The van der Waals surface area contributed by atoms with Crippen LogP contribution in [0.15, 0.2) is 60.8 Å². The van der Waals surface area contributed by atoms with Crippen molar-refractivity contribution >= 4 is 46.9 Å². The lowest BCUT2D eigenvalue weighted by Gasteiger charge is -2.34. The quantitative estimate of drug-likeness (QED) is 0.0865. The van der Waals surface area contributed by atoms with Gasteiger partial charge in [0.05, 0.1) is 61.7 Å². The average molecular weight is 691 g/mol. The van der Waals surface area contributed by atoms with E-state index in [0.29, 0.717) is 47.2 Å². The van der Waals surface area contributed by atoms with Gasteiger partial charge < -0.3 is 50.3 Å². The number of para-hydroxylation sites is 1. The van der Waals surface area contributed by atoms with Crippen LogP contribution in [-0.2, 0) is 39.6 Å². The Kier molecular flexibility index (Phi) is 14.6. The van der Waals surface area contributed by atoms with Gasteiger partial charge in [-0.25, -0.2) is 0 Å². The summed E-state index contributed by atoms with van der Waals surface area (Å²) in [6.45, 7) is 3.18. The van der Waals surface area contributed by atoms with Crippen LogP contribution < -0.4 is 33.2 Å². The molecule has 0 bridgehead atoms. The van der Waals surface area contributed by atoms with Crippen LogP contribution in [0.3, 0.4) is 0 Å². The second-order valence-electron chi connectivity index (χ2n) is 12.0. The van der Waals surface area contributed by atoms with Gasteiger partial charge in [0.2, 0.25) is 17.7 Å². The molecule has 3 amide bonds. The number of alkyl halides is 3. The summed E-state index contributed by atoms with van der Waals surface area (Å²) in [6.07, 6.45) is -2.10. The Morgan fingerprint density at radius 1 is 0.896 bits per heavy atom. The highest BCUT2D eigenvalue weighted by Gasteiger charge is 2.31. The highest BCUT2D eigenvalue weighted by atomic mass is 32.1. The number of aromatic nitrogens is 1. The molecule has 0 radical (unpaired) electrons. The van der Waals surface area contributed by atoms with Gasteiger partial charge in [0, 0.05) is 18.5 Å². The van der Waals surface area contributed by atoms with E-state index >= 15 is 0 Å². The molecule has 0 saturated heterocycles. The zero-order chi connectivity index (χ0) is 35.3. The molecule has 0 fully saturated rings. The van der Waals surface area contributed by atoms with Crippen LogP contribution in [-0.4, -0.2) is 90.8 Å². The lowest BCUT2D eigenvalue weighted by atomic mass is 10.0.